The molecule has 0 atom stereocenters. The molecule has 0 saturated heterocycles. The highest BCUT2D eigenvalue weighted by Gasteiger charge is 2.13. The zero-order valence-electron chi connectivity index (χ0n) is 19.4. The van der Waals surface area contributed by atoms with E-state index in [0.717, 1.165) is 44.8 Å². The quantitative estimate of drug-likeness (QED) is 0.0885. The molecule has 0 spiro atoms. The summed E-state index contributed by atoms with van der Waals surface area (Å²) in [5.74, 6) is 7.03. The van der Waals surface area contributed by atoms with Gasteiger partial charge in [-0.15, -0.1) is 57.5 Å². The van der Waals surface area contributed by atoms with Crippen LogP contribution >= 0.6 is 46.4 Å². The van der Waals surface area contributed by atoms with E-state index in [-0.39, 0.29) is 9.67 Å². The Hall–Kier alpha value is -2.15. The van der Waals surface area contributed by atoms with Crippen molar-refractivity contribution in [3.05, 3.63) is 83.9 Å². The molecular weight excluding hydrogens is 558 g/mol. The monoisotopic (exact) mass is 578 g/mol. The van der Waals surface area contributed by atoms with Gasteiger partial charge in [-0.25, -0.2) is 0 Å². The van der Waals surface area contributed by atoms with Gasteiger partial charge in [-0.2, -0.15) is 0 Å². The third-order valence-corrected chi connectivity index (χ3v) is 11.2. The molecule has 0 amide bonds. The van der Waals surface area contributed by atoms with Crippen molar-refractivity contribution >= 4 is 109 Å². The van der Waals surface area contributed by atoms with E-state index < -0.39 is 19.0 Å². The molecule has 0 bridgehead atoms. The maximum atomic E-state index is 5.97. The molecular formula is C30H22Cl4Si2. The lowest BCUT2D eigenvalue weighted by Crippen LogP contribution is -1.95. The van der Waals surface area contributed by atoms with Gasteiger partial charge in [-0.1, -0.05) is 60.4 Å². The van der Waals surface area contributed by atoms with Crippen molar-refractivity contribution in [2.75, 3.05) is 0 Å². The smallest absolute Gasteiger partial charge is 0.110 e. The Morgan fingerprint density at radius 1 is 0.528 bits per heavy atom. The lowest BCUT2D eigenvalue weighted by atomic mass is 9.90. The minimum Gasteiger partial charge on any atom is -0.134 e. The molecule has 6 heteroatoms. The molecule has 0 nitrogen and oxygen atoms in total. The van der Waals surface area contributed by atoms with Crippen LogP contribution in [0.1, 0.15) is 11.1 Å². The van der Waals surface area contributed by atoms with Gasteiger partial charge in [0, 0.05) is 11.1 Å². The van der Waals surface area contributed by atoms with E-state index in [4.69, 9.17) is 46.4 Å². The fraction of sp³-hybridized carbons (Fsp3) is 0.133. The van der Waals surface area contributed by atoms with Crippen LogP contribution in [-0.2, 0) is 0 Å². The Morgan fingerprint density at radius 2 is 0.944 bits per heavy atom. The highest BCUT2D eigenvalue weighted by molar-refractivity contribution is 6.54. The van der Waals surface area contributed by atoms with Crippen LogP contribution in [0.3, 0.4) is 0 Å². The van der Waals surface area contributed by atoms with Gasteiger partial charge in [0.1, 0.15) is 28.7 Å². The fourth-order valence-corrected chi connectivity index (χ4v) is 7.19. The molecule has 0 radical (unpaired) electrons. The van der Waals surface area contributed by atoms with E-state index in [1.807, 2.05) is 0 Å². The normalized spacial score (nSPS) is 11.9. The lowest BCUT2D eigenvalue weighted by Gasteiger charge is -2.13. The molecule has 0 saturated carbocycles. The van der Waals surface area contributed by atoms with Crippen LogP contribution in [0, 0.1) is 22.9 Å². The zero-order chi connectivity index (χ0) is 25.1. The molecule has 36 heavy (non-hydrogen) atoms. The number of halogens is 4. The summed E-state index contributed by atoms with van der Waals surface area (Å²) in [6.45, 7) is 0. The van der Waals surface area contributed by atoms with Crippen molar-refractivity contribution in [1.82, 2.24) is 0 Å². The first-order chi connectivity index (χ1) is 17.5. The van der Waals surface area contributed by atoms with Crippen molar-refractivity contribution < 1.29 is 0 Å². The van der Waals surface area contributed by atoms with E-state index >= 15 is 0 Å². The second kappa shape index (κ2) is 11.5. The maximum absolute atomic E-state index is 5.97. The van der Waals surface area contributed by atoms with Crippen molar-refractivity contribution in [2.24, 2.45) is 0 Å². The van der Waals surface area contributed by atoms with Gasteiger partial charge in [-0.05, 0) is 79.4 Å². The number of benzene rings is 5. The van der Waals surface area contributed by atoms with Crippen LogP contribution in [0.25, 0.3) is 43.1 Å². The molecule has 0 heterocycles. The maximum Gasteiger partial charge on any atom is 0.110 e. The number of rotatable bonds is 4. The Labute approximate surface area is 235 Å². The summed E-state index contributed by atoms with van der Waals surface area (Å²) < 4.78 is 0. The van der Waals surface area contributed by atoms with Crippen LogP contribution in [0.15, 0.2) is 72.8 Å². The molecule has 0 aliphatic carbocycles. The SMILES string of the molecule is ClC(Cl)C[SiH2]C#Cc1c2ccccc2c(C#C[SiH2]CC(Cl)Cl)c2cc3cc4ccccc4cc3cc12. The summed E-state index contributed by atoms with van der Waals surface area (Å²) in [6.07, 6.45) is 0. The largest absolute Gasteiger partial charge is 0.134 e. The predicted molar refractivity (Wildman–Crippen MR) is 168 cm³/mol. The van der Waals surface area contributed by atoms with Gasteiger partial charge in [0.05, 0.1) is 0 Å². The molecule has 5 rings (SSSR count). The Balaban J connectivity index is 1.81. The van der Waals surface area contributed by atoms with Crippen molar-refractivity contribution in [3.63, 3.8) is 0 Å². The summed E-state index contributed by atoms with van der Waals surface area (Å²) in [6, 6.07) is 27.5. The average molecular weight is 580 g/mol. The minimum atomic E-state index is -0.688. The highest BCUT2D eigenvalue weighted by atomic mass is 35.5. The van der Waals surface area contributed by atoms with E-state index in [2.05, 4.69) is 95.7 Å². The molecule has 0 aliphatic rings. The van der Waals surface area contributed by atoms with E-state index in [1.54, 1.807) is 0 Å². The van der Waals surface area contributed by atoms with E-state index in [9.17, 15) is 0 Å². The molecule has 5 aromatic rings. The van der Waals surface area contributed by atoms with Gasteiger partial charge < -0.3 is 0 Å². The third-order valence-electron chi connectivity index (χ3n) is 6.25. The summed E-state index contributed by atoms with van der Waals surface area (Å²) in [5, 5.41) is 9.34. The molecule has 0 fully saturated rings. The number of alkyl halides is 4. The summed E-state index contributed by atoms with van der Waals surface area (Å²) in [5.41, 5.74) is 8.98. The molecule has 0 unspecified atom stereocenters. The minimum absolute atomic E-state index is 0.348. The average Bonchev–Trinajstić information content (AvgIpc) is 2.87. The predicted octanol–water partition coefficient (Wildman–Crippen LogP) is 7.70. The van der Waals surface area contributed by atoms with Crippen LogP contribution in [0.2, 0.25) is 12.1 Å². The molecule has 0 N–H and O–H groups in total. The molecule has 0 aromatic heterocycles. The Morgan fingerprint density at radius 3 is 1.36 bits per heavy atom. The van der Waals surface area contributed by atoms with Crippen LogP contribution in [0.4, 0.5) is 0 Å². The molecule has 5 aromatic carbocycles. The second-order valence-corrected chi connectivity index (χ2v) is 14.1. The van der Waals surface area contributed by atoms with Gasteiger partial charge in [0.15, 0.2) is 0 Å². The number of fused-ring (bicyclic) bond motifs is 4. The summed E-state index contributed by atoms with van der Waals surface area (Å²) in [4.78, 5) is -0.696. The zero-order valence-corrected chi connectivity index (χ0v) is 25.3. The number of hydrogen-bond donors (Lipinski definition) is 0. The van der Waals surface area contributed by atoms with Crippen molar-refractivity contribution in [2.45, 2.75) is 21.8 Å². The van der Waals surface area contributed by atoms with Crippen LogP contribution < -0.4 is 0 Å². The summed E-state index contributed by atoms with van der Waals surface area (Å²) >= 11 is 23.9. The van der Waals surface area contributed by atoms with Gasteiger partial charge in [0.25, 0.3) is 0 Å². The molecule has 178 valence electrons. The van der Waals surface area contributed by atoms with E-state index in [1.165, 1.54) is 21.5 Å². The second-order valence-electron chi connectivity index (χ2n) is 8.70. The standard InChI is InChI=1S/C30H22Cl4Si2/c31-29(32)17-35-11-9-25-23-7-3-4-8-24(23)26(10-12-36-18-30(33)34)28-16-22-14-20-6-2-1-5-19(20)13-21(22)15-27(25)28/h1-8,13-16,29-30H,17-18,35-36H2. The Bertz CT molecular complexity index is 1590. The van der Waals surface area contributed by atoms with Gasteiger partial charge in [-0.3, -0.25) is 0 Å². The lowest BCUT2D eigenvalue weighted by molar-refractivity contribution is 1.36. The third kappa shape index (κ3) is 5.56. The van der Waals surface area contributed by atoms with Crippen molar-refractivity contribution in [3.8, 4) is 22.9 Å². The summed E-state index contributed by atoms with van der Waals surface area (Å²) in [7, 11) is -1.38. The van der Waals surface area contributed by atoms with Crippen molar-refractivity contribution in [1.29, 1.82) is 0 Å². The molecule has 0 aliphatic heterocycles. The van der Waals surface area contributed by atoms with Gasteiger partial charge in [0.2, 0.25) is 0 Å². The highest BCUT2D eigenvalue weighted by Crippen LogP contribution is 2.36. The number of hydrogen-bond acceptors (Lipinski definition) is 0. The first kappa shape index (κ1) is 25.5. The first-order valence-corrected chi connectivity index (χ1v) is 17.0. The fourth-order valence-electron chi connectivity index (χ4n) is 4.55. The topological polar surface area (TPSA) is 0 Å². The van der Waals surface area contributed by atoms with Crippen LogP contribution in [0.5, 0.6) is 0 Å². The van der Waals surface area contributed by atoms with Crippen LogP contribution in [-0.4, -0.2) is 28.7 Å². The van der Waals surface area contributed by atoms with Gasteiger partial charge >= 0.3 is 0 Å². The van der Waals surface area contributed by atoms with E-state index in [0.29, 0.717) is 0 Å². The first-order valence-electron chi connectivity index (χ1n) is 11.9. The Kier molecular flexibility index (Phi) is 8.14.